The van der Waals surface area contributed by atoms with E-state index in [9.17, 15) is 13.2 Å². The topological polar surface area (TPSA) is 97.3 Å². The van der Waals surface area contributed by atoms with Crippen molar-refractivity contribution >= 4 is 22.1 Å². The molecule has 3 rings (SSSR count). The minimum Gasteiger partial charge on any atom is -0.493 e. The molecule has 9 heteroatoms. The van der Waals surface area contributed by atoms with E-state index in [4.69, 9.17) is 9.47 Å². The Balaban J connectivity index is 1.79. The molecular formula is C25H27N3O5S. The van der Waals surface area contributed by atoms with Crippen LogP contribution in [0.4, 0.5) is 0 Å². The molecule has 0 atom stereocenters. The van der Waals surface area contributed by atoms with Gasteiger partial charge in [0, 0.05) is 12.1 Å². The van der Waals surface area contributed by atoms with E-state index in [2.05, 4.69) is 10.5 Å². The lowest BCUT2D eigenvalue weighted by molar-refractivity contribution is -0.121. The van der Waals surface area contributed by atoms with Gasteiger partial charge in [0.1, 0.15) is 0 Å². The normalized spacial score (nSPS) is 11.5. The van der Waals surface area contributed by atoms with Crippen LogP contribution in [0.1, 0.15) is 16.7 Å². The molecule has 0 aromatic heterocycles. The van der Waals surface area contributed by atoms with Crippen molar-refractivity contribution in [3.05, 3.63) is 89.5 Å². The van der Waals surface area contributed by atoms with Crippen molar-refractivity contribution in [1.29, 1.82) is 0 Å². The summed E-state index contributed by atoms with van der Waals surface area (Å²) >= 11 is 0. The fraction of sp³-hybridized carbons (Fsp3) is 0.200. The Morgan fingerprint density at radius 1 is 0.971 bits per heavy atom. The summed E-state index contributed by atoms with van der Waals surface area (Å²) in [4.78, 5) is 12.8. The average molecular weight is 482 g/mol. The van der Waals surface area contributed by atoms with Crippen LogP contribution in [-0.2, 0) is 21.4 Å². The van der Waals surface area contributed by atoms with Gasteiger partial charge in [0.05, 0.1) is 31.9 Å². The molecule has 3 aromatic carbocycles. The molecule has 1 N–H and O–H groups in total. The number of carbonyl (C=O) groups excluding carboxylic acids is 1. The summed E-state index contributed by atoms with van der Waals surface area (Å²) in [5, 5.41) is 3.97. The second-order valence-corrected chi connectivity index (χ2v) is 9.39. The second-order valence-electron chi connectivity index (χ2n) is 7.45. The van der Waals surface area contributed by atoms with E-state index in [1.165, 1.54) is 32.6 Å². The molecule has 0 aliphatic heterocycles. The van der Waals surface area contributed by atoms with Crippen molar-refractivity contribution in [2.45, 2.75) is 18.4 Å². The second kappa shape index (κ2) is 11.4. The number of methoxy groups -OCH3 is 2. The fourth-order valence-electron chi connectivity index (χ4n) is 3.25. The maximum Gasteiger partial charge on any atom is 0.255 e. The molecule has 34 heavy (non-hydrogen) atoms. The highest BCUT2D eigenvalue weighted by atomic mass is 32.2. The SMILES string of the molecule is COc1cccc(/C=N\NC(=O)CN(Cc2ccc(C)cc2)S(=O)(=O)c2ccccc2)c1OC. The van der Waals surface area contributed by atoms with Crippen LogP contribution in [0, 0.1) is 6.92 Å². The molecule has 0 radical (unpaired) electrons. The minimum absolute atomic E-state index is 0.0400. The third kappa shape index (κ3) is 6.21. The molecule has 8 nitrogen and oxygen atoms in total. The third-order valence-electron chi connectivity index (χ3n) is 5.01. The monoisotopic (exact) mass is 481 g/mol. The van der Waals surface area contributed by atoms with Crippen LogP contribution in [-0.4, -0.2) is 45.6 Å². The summed E-state index contributed by atoms with van der Waals surface area (Å²) in [7, 11) is -0.888. The van der Waals surface area contributed by atoms with Gasteiger partial charge in [0.15, 0.2) is 11.5 Å². The predicted octanol–water partition coefficient (Wildman–Crippen LogP) is 3.35. The van der Waals surface area contributed by atoms with Gasteiger partial charge in [-0.3, -0.25) is 4.79 Å². The highest BCUT2D eigenvalue weighted by Gasteiger charge is 2.26. The molecular weight excluding hydrogens is 454 g/mol. The lowest BCUT2D eigenvalue weighted by Gasteiger charge is -2.21. The van der Waals surface area contributed by atoms with Crippen molar-refractivity contribution in [1.82, 2.24) is 9.73 Å². The molecule has 0 heterocycles. The number of para-hydroxylation sites is 1. The van der Waals surface area contributed by atoms with Crippen LogP contribution in [0.15, 0.2) is 82.8 Å². The van der Waals surface area contributed by atoms with Crippen molar-refractivity contribution < 1.29 is 22.7 Å². The lowest BCUT2D eigenvalue weighted by Crippen LogP contribution is -2.39. The van der Waals surface area contributed by atoms with E-state index < -0.39 is 22.5 Å². The van der Waals surface area contributed by atoms with Crippen LogP contribution in [0.3, 0.4) is 0 Å². The molecule has 0 bridgehead atoms. The molecule has 1 amide bonds. The highest BCUT2D eigenvalue weighted by molar-refractivity contribution is 7.89. The van der Waals surface area contributed by atoms with Gasteiger partial charge in [-0.05, 0) is 36.8 Å². The zero-order valence-electron chi connectivity index (χ0n) is 19.3. The Morgan fingerprint density at radius 2 is 1.68 bits per heavy atom. The Bertz CT molecular complexity index is 1240. The van der Waals surface area contributed by atoms with Crippen molar-refractivity contribution in [3.63, 3.8) is 0 Å². The van der Waals surface area contributed by atoms with Crippen LogP contribution < -0.4 is 14.9 Å². The lowest BCUT2D eigenvalue weighted by atomic mass is 10.1. The number of sulfonamides is 1. The first kappa shape index (κ1) is 24.9. The van der Waals surface area contributed by atoms with Gasteiger partial charge in [-0.25, -0.2) is 13.8 Å². The number of carbonyl (C=O) groups is 1. The number of benzene rings is 3. The number of hydrazone groups is 1. The standard InChI is InChI=1S/C25H27N3O5S/c1-19-12-14-20(15-13-19)17-28(34(30,31)22-9-5-4-6-10-22)18-24(29)27-26-16-21-8-7-11-23(32-2)25(21)33-3/h4-16H,17-18H2,1-3H3,(H,27,29)/b26-16-. The van der Waals surface area contributed by atoms with Crippen LogP contribution in [0.5, 0.6) is 11.5 Å². The molecule has 0 saturated heterocycles. The number of nitrogens with zero attached hydrogens (tertiary/aromatic N) is 2. The molecule has 3 aromatic rings. The van der Waals surface area contributed by atoms with Gasteiger partial charge in [0.25, 0.3) is 5.91 Å². The van der Waals surface area contributed by atoms with Gasteiger partial charge in [0.2, 0.25) is 10.0 Å². The summed E-state index contributed by atoms with van der Waals surface area (Å²) in [5.41, 5.74) is 4.81. The maximum atomic E-state index is 13.3. The van der Waals surface area contributed by atoms with Crippen LogP contribution in [0.25, 0.3) is 0 Å². The van der Waals surface area contributed by atoms with Gasteiger partial charge >= 0.3 is 0 Å². The third-order valence-corrected chi connectivity index (χ3v) is 6.81. The first-order valence-electron chi connectivity index (χ1n) is 10.5. The summed E-state index contributed by atoms with van der Waals surface area (Å²) < 4.78 is 38.3. The zero-order chi connectivity index (χ0) is 24.6. The summed E-state index contributed by atoms with van der Waals surface area (Å²) in [6.45, 7) is 1.58. The van der Waals surface area contributed by atoms with Crippen LogP contribution in [0.2, 0.25) is 0 Å². The number of amides is 1. The maximum absolute atomic E-state index is 13.3. The number of rotatable bonds is 10. The Morgan fingerprint density at radius 3 is 2.32 bits per heavy atom. The average Bonchev–Trinajstić information content (AvgIpc) is 2.85. The smallest absolute Gasteiger partial charge is 0.255 e. The zero-order valence-corrected chi connectivity index (χ0v) is 20.1. The van der Waals surface area contributed by atoms with Gasteiger partial charge in [-0.15, -0.1) is 0 Å². The van der Waals surface area contributed by atoms with Crippen molar-refractivity contribution in [2.24, 2.45) is 5.10 Å². The van der Waals surface area contributed by atoms with E-state index in [-0.39, 0.29) is 11.4 Å². The van der Waals surface area contributed by atoms with E-state index in [0.717, 1.165) is 15.4 Å². The number of aryl methyl sites for hydroxylation is 1. The quantitative estimate of drug-likeness (QED) is 0.354. The summed E-state index contributed by atoms with van der Waals surface area (Å²) in [5.74, 6) is 0.413. The Labute approximate surface area is 199 Å². The van der Waals surface area contributed by atoms with E-state index in [0.29, 0.717) is 17.1 Å². The molecule has 0 aliphatic carbocycles. The molecule has 0 spiro atoms. The Hall–Kier alpha value is -3.69. The molecule has 0 saturated carbocycles. The van der Waals surface area contributed by atoms with E-state index >= 15 is 0 Å². The highest BCUT2D eigenvalue weighted by Crippen LogP contribution is 2.29. The molecule has 0 fully saturated rings. The number of hydrogen-bond donors (Lipinski definition) is 1. The molecule has 0 aliphatic rings. The fourth-order valence-corrected chi connectivity index (χ4v) is 4.65. The van der Waals surface area contributed by atoms with E-state index in [1.807, 2.05) is 31.2 Å². The largest absolute Gasteiger partial charge is 0.493 e. The van der Waals surface area contributed by atoms with Gasteiger partial charge in [-0.2, -0.15) is 9.41 Å². The summed E-state index contributed by atoms with van der Waals surface area (Å²) in [6, 6.07) is 20.8. The first-order valence-corrected chi connectivity index (χ1v) is 11.9. The minimum atomic E-state index is -3.92. The van der Waals surface area contributed by atoms with Crippen LogP contribution >= 0.6 is 0 Å². The predicted molar refractivity (Wildman–Crippen MR) is 130 cm³/mol. The van der Waals surface area contributed by atoms with Gasteiger partial charge < -0.3 is 9.47 Å². The molecule has 178 valence electrons. The summed E-state index contributed by atoms with van der Waals surface area (Å²) in [6.07, 6.45) is 1.41. The van der Waals surface area contributed by atoms with Crippen molar-refractivity contribution in [3.8, 4) is 11.5 Å². The number of ether oxygens (including phenoxy) is 2. The number of hydrogen-bond acceptors (Lipinski definition) is 6. The van der Waals surface area contributed by atoms with E-state index in [1.54, 1.807) is 36.4 Å². The Kier molecular flexibility index (Phi) is 8.39. The first-order chi connectivity index (χ1) is 16.3. The van der Waals surface area contributed by atoms with Crippen molar-refractivity contribution in [2.75, 3.05) is 20.8 Å². The van der Waals surface area contributed by atoms with Gasteiger partial charge in [-0.1, -0.05) is 54.1 Å². The number of nitrogens with one attached hydrogen (secondary N) is 1. The molecule has 0 unspecified atom stereocenters.